The minimum Gasteiger partial charge on any atom is -0.429 e. The summed E-state index contributed by atoms with van der Waals surface area (Å²) in [5, 5.41) is 0. The SMILES string of the molecule is CCCc1ccc(-c2ccc(C(F)(F)Oc3cc(F)c(OC(F)(F)F)c(F)c3)c(F)c2)c(F)c1F. The van der Waals surface area contributed by atoms with E-state index in [0.717, 1.165) is 12.1 Å². The van der Waals surface area contributed by atoms with E-state index in [0.29, 0.717) is 18.6 Å². The predicted octanol–water partition coefficient (Wildman–Crippen LogP) is 8.03. The monoisotopic (exact) mass is 512 g/mol. The molecule has 0 saturated heterocycles. The molecule has 0 bridgehead atoms. The van der Waals surface area contributed by atoms with Gasteiger partial charge in [0.05, 0.1) is 5.56 Å². The van der Waals surface area contributed by atoms with Crippen LogP contribution in [-0.2, 0) is 12.5 Å². The van der Waals surface area contributed by atoms with Gasteiger partial charge in [-0.05, 0) is 29.7 Å². The Morgan fingerprint density at radius 3 is 1.89 bits per heavy atom. The van der Waals surface area contributed by atoms with Crippen molar-refractivity contribution in [1.82, 2.24) is 0 Å². The molecule has 0 aromatic heterocycles. The molecule has 0 saturated carbocycles. The second-order valence-electron chi connectivity index (χ2n) is 7.23. The van der Waals surface area contributed by atoms with E-state index in [1.54, 1.807) is 6.92 Å². The molecule has 0 fully saturated rings. The fourth-order valence-electron chi connectivity index (χ4n) is 3.21. The highest BCUT2D eigenvalue weighted by Crippen LogP contribution is 2.38. The lowest BCUT2D eigenvalue weighted by Gasteiger charge is -2.20. The van der Waals surface area contributed by atoms with Gasteiger partial charge in [0.2, 0.25) is 5.75 Å². The van der Waals surface area contributed by atoms with Gasteiger partial charge in [0, 0.05) is 17.7 Å². The molecule has 188 valence electrons. The zero-order valence-corrected chi connectivity index (χ0v) is 17.6. The molecule has 0 N–H and O–H groups in total. The minimum atomic E-state index is -5.46. The summed E-state index contributed by atoms with van der Waals surface area (Å²) in [5.74, 6) is -11.3. The van der Waals surface area contributed by atoms with Crippen molar-refractivity contribution in [3.05, 3.63) is 82.7 Å². The first-order valence-corrected chi connectivity index (χ1v) is 9.82. The van der Waals surface area contributed by atoms with E-state index in [9.17, 15) is 43.9 Å². The highest BCUT2D eigenvalue weighted by atomic mass is 19.4. The van der Waals surface area contributed by atoms with E-state index in [1.165, 1.54) is 6.07 Å². The minimum absolute atomic E-state index is 0.0135. The van der Waals surface area contributed by atoms with Crippen LogP contribution in [0, 0.1) is 29.1 Å². The average Bonchev–Trinajstić information content (AvgIpc) is 2.73. The van der Waals surface area contributed by atoms with Crippen molar-refractivity contribution in [3.8, 4) is 22.6 Å². The van der Waals surface area contributed by atoms with Gasteiger partial charge >= 0.3 is 12.5 Å². The van der Waals surface area contributed by atoms with Gasteiger partial charge in [0.25, 0.3) is 0 Å². The Labute approximate surface area is 191 Å². The molecule has 0 radical (unpaired) electrons. The van der Waals surface area contributed by atoms with Crippen LogP contribution < -0.4 is 9.47 Å². The molecule has 0 aliphatic heterocycles. The van der Waals surface area contributed by atoms with E-state index in [2.05, 4.69) is 9.47 Å². The number of ether oxygens (including phenoxy) is 2. The van der Waals surface area contributed by atoms with Crippen LogP contribution in [-0.4, -0.2) is 6.36 Å². The molecule has 0 atom stereocenters. The Hall–Kier alpha value is -3.44. The van der Waals surface area contributed by atoms with Gasteiger partial charge in [-0.2, -0.15) is 8.78 Å². The second kappa shape index (κ2) is 9.67. The summed E-state index contributed by atoms with van der Waals surface area (Å²) in [5.41, 5.74) is -2.05. The standard InChI is InChI=1S/C23H14F10O2/c1-2-3-11-4-6-14(20(28)19(11)27)12-5-7-15(16(24)8-12)22(29,30)34-13-9-17(25)21(18(26)10-13)35-23(31,32)33/h4-10H,2-3H2,1H3. The van der Waals surface area contributed by atoms with Crippen molar-refractivity contribution in [2.24, 2.45) is 0 Å². The van der Waals surface area contributed by atoms with E-state index >= 15 is 0 Å². The fraction of sp³-hybridized carbons (Fsp3) is 0.217. The number of hydrogen-bond donors (Lipinski definition) is 0. The van der Waals surface area contributed by atoms with Gasteiger partial charge in [-0.1, -0.05) is 31.5 Å². The van der Waals surface area contributed by atoms with Gasteiger partial charge in [-0.3, -0.25) is 0 Å². The molecule has 3 rings (SSSR count). The number of alkyl halides is 5. The van der Waals surface area contributed by atoms with Crippen LogP contribution in [0.3, 0.4) is 0 Å². The van der Waals surface area contributed by atoms with Gasteiger partial charge in [-0.25, -0.2) is 22.0 Å². The first kappa shape index (κ1) is 26.2. The van der Waals surface area contributed by atoms with Crippen LogP contribution in [0.2, 0.25) is 0 Å². The van der Waals surface area contributed by atoms with Crippen LogP contribution in [0.25, 0.3) is 11.1 Å². The van der Waals surface area contributed by atoms with Gasteiger partial charge in [-0.15, -0.1) is 13.2 Å². The Morgan fingerprint density at radius 2 is 1.34 bits per heavy atom. The third-order valence-corrected chi connectivity index (χ3v) is 4.71. The highest BCUT2D eigenvalue weighted by Gasteiger charge is 2.39. The second-order valence-corrected chi connectivity index (χ2v) is 7.23. The number of rotatable bonds is 7. The van der Waals surface area contributed by atoms with Crippen LogP contribution in [0.15, 0.2) is 42.5 Å². The number of aryl methyl sites for hydroxylation is 1. The zero-order valence-electron chi connectivity index (χ0n) is 17.6. The van der Waals surface area contributed by atoms with Gasteiger partial charge in [0.15, 0.2) is 23.3 Å². The molecule has 0 heterocycles. The van der Waals surface area contributed by atoms with Gasteiger partial charge in [0.1, 0.15) is 11.6 Å². The molecule has 3 aromatic rings. The first-order valence-electron chi connectivity index (χ1n) is 9.82. The lowest BCUT2D eigenvalue weighted by Crippen LogP contribution is -2.24. The van der Waals surface area contributed by atoms with Crippen LogP contribution in [0.1, 0.15) is 24.5 Å². The number of benzene rings is 3. The van der Waals surface area contributed by atoms with E-state index in [4.69, 9.17) is 0 Å². The van der Waals surface area contributed by atoms with Crippen molar-refractivity contribution in [1.29, 1.82) is 0 Å². The Balaban J connectivity index is 1.90. The maximum Gasteiger partial charge on any atom is 0.573 e. The molecule has 35 heavy (non-hydrogen) atoms. The maximum atomic E-state index is 14.5. The lowest BCUT2D eigenvalue weighted by atomic mass is 9.99. The molecule has 12 heteroatoms. The molecule has 2 nitrogen and oxygen atoms in total. The summed E-state index contributed by atoms with van der Waals surface area (Å²) in [7, 11) is 0. The molecule has 0 unspecified atom stereocenters. The van der Waals surface area contributed by atoms with Crippen molar-refractivity contribution in [3.63, 3.8) is 0 Å². The number of halogens is 10. The molecule has 3 aromatic carbocycles. The summed E-state index contributed by atoms with van der Waals surface area (Å²) in [4.78, 5) is 0. The summed E-state index contributed by atoms with van der Waals surface area (Å²) in [6.45, 7) is 1.75. The van der Waals surface area contributed by atoms with Crippen LogP contribution in [0.4, 0.5) is 43.9 Å². The lowest BCUT2D eigenvalue weighted by molar-refractivity contribution is -0.276. The molecule has 0 amide bonds. The number of hydrogen-bond acceptors (Lipinski definition) is 2. The Morgan fingerprint density at radius 1 is 0.714 bits per heavy atom. The summed E-state index contributed by atoms with van der Waals surface area (Å²) >= 11 is 0. The molecule has 0 aliphatic rings. The normalized spacial score (nSPS) is 12.1. The third kappa shape index (κ3) is 5.80. The van der Waals surface area contributed by atoms with Crippen LogP contribution in [0.5, 0.6) is 11.5 Å². The molecule has 0 aliphatic carbocycles. The Bertz CT molecular complexity index is 1210. The van der Waals surface area contributed by atoms with E-state index < -0.39 is 64.2 Å². The molecule has 0 spiro atoms. The van der Waals surface area contributed by atoms with Crippen molar-refractivity contribution >= 4 is 0 Å². The summed E-state index contributed by atoms with van der Waals surface area (Å²) < 4.78 is 143. The highest BCUT2D eigenvalue weighted by molar-refractivity contribution is 5.65. The van der Waals surface area contributed by atoms with Crippen molar-refractivity contribution in [2.45, 2.75) is 32.2 Å². The zero-order chi connectivity index (χ0) is 26.1. The molecular weight excluding hydrogens is 498 g/mol. The van der Waals surface area contributed by atoms with Gasteiger partial charge < -0.3 is 9.47 Å². The first-order chi connectivity index (χ1) is 16.2. The third-order valence-electron chi connectivity index (χ3n) is 4.71. The smallest absolute Gasteiger partial charge is 0.429 e. The van der Waals surface area contributed by atoms with Crippen molar-refractivity contribution < 1.29 is 53.4 Å². The summed E-state index contributed by atoms with van der Waals surface area (Å²) in [6, 6.07) is 4.20. The quantitative estimate of drug-likeness (QED) is 0.299. The summed E-state index contributed by atoms with van der Waals surface area (Å²) in [6.07, 6.45) is -9.26. The Kier molecular flexibility index (Phi) is 7.23. The molecular formula is C23H14F10O2. The largest absolute Gasteiger partial charge is 0.573 e. The van der Waals surface area contributed by atoms with Crippen LogP contribution >= 0.6 is 0 Å². The average molecular weight is 512 g/mol. The fourth-order valence-corrected chi connectivity index (χ4v) is 3.21. The predicted molar refractivity (Wildman–Crippen MR) is 103 cm³/mol. The van der Waals surface area contributed by atoms with Crippen molar-refractivity contribution in [2.75, 3.05) is 0 Å². The van der Waals surface area contributed by atoms with E-state index in [-0.39, 0.29) is 29.7 Å². The topological polar surface area (TPSA) is 18.5 Å². The van der Waals surface area contributed by atoms with E-state index in [1.807, 2.05) is 0 Å². The maximum absolute atomic E-state index is 14.5.